The van der Waals surface area contributed by atoms with Gasteiger partial charge in [0, 0.05) is 5.69 Å². The number of anilines is 1. The van der Waals surface area contributed by atoms with Crippen LogP contribution in [0.25, 0.3) is 0 Å². The quantitative estimate of drug-likeness (QED) is 0.779. The van der Waals surface area contributed by atoms with Crippen LogP contribution in [-0.4, -0.2) is 0 Å². The lowest BCUT2D eigenvalue weighted by molar-refractivity contribution is 0.807. The van der Waals surface area contributed by atoms with E-state index in [9.17, 15) is 0 Å². The van der Waals surface area contributed by atoms with Crippen LogP contribution in [-0.2, 0) is 6.42 Å². The van der Waals surface area contributed by atoms with E-state index in [1.165, 1.54) is 39.1 Å². The molecule has 3 rings (SSSR count). The molecule has 2 aromatic carbocycles. The molecule has 1 nitrogen and oxygen atoms in total. The second-order valence-electron chi connectivity index (χ2n) is 5.87. The zero-order valence-electron chi connectivity index (χ0n) is 12.2. The topological polar surface area (TPSA) is 12.0 Å². The van der Waals surface area contributed by atoms with Gasteiger partial charge in [0.1, 0.15) is 0 Å². The Kier molecular flexibility index (Phi) is 2.85. The number of benzene rings is 2. The minimum atomic E-state index is 0.428. The van der Waals surface area contributed by atoms with Crippen LogP contribution in [0.15, 0.2) is 30.3 Å². The molecule has 19 heavy (non-hydrogen) atoms. The third-order valence-corrected chi connectivity index (χ3v) is 4.10. The van der Waals surface area contributed by atoms with E-state index in [2.05, 4.69) is 63.3 Å². The summed E-state index contributed by atoms with van der Waals surface area (Å²) in [4.78, 5) is 0. The molecule has 0 radical (unpaired) electrons. The highest BCUT2D eigenvalue weighted by atomic mass is 14.9. The van der Waals surface area contributed by atoms with Crippen molar-refractivity contribution in [3.05, 3.63) is 63.7 Å². The molecule has 0 fully saturated rings. The maximum atomic E-state index is 3.68. The highest BCUT2D eigenvalue weighted by Gasteiger charge is 2.24. The number of hydrogen-bond acceptors (Lipinski definition) is 1. The third kappa shape index (κ3) is 2.14. The largest absolute Gasteiger partial charge is 0.378 e. The zero-order valence-corrected chi connectivity index (χ0v) is 12.2. The molecule has 0 aromatic heterocycles. The van der Waals surface area contributed by atoms with Gasteiger partial charge in [-0.25, -0.2) is 0 Å². The normalized spacial score (nSPS) is 17.2. The van der Waals surface area contributed by atoms with Gasteiger partial charge in [-0.2, -0.15) is 0 Å². The number of rotatable bonds is 1. The molecule has 0 aliphatic carbocycles. The van der Waals surface area contributed by atoms with Crippen molar-refractivity contribution in [2.75, 3.05) is 5.32 Å². The van der Waals surface area contributed by atoms with E-state index in [0.29, 0.717) is 6.04 Å². The van der Waals surface area contributed by atoms with Crippen LogP contribution in [0.1, 0.15) is 39.4 Å². The lowest BCUT2D eigenvalue weighted by Crippen LogP contribution is -2.09. The van der Waals surface area contributed by atoms with Gasteiger partial charge in [-0.05, 0) is 62.4 Å². The Morgan fingerprint density at radius 3 is 2.26 bits per heavy atom. The fourth-order valence-electron chi connectivity index (χ4n) is 3.41. The number of fused-ring (bicyclic) bond motifs is 1. The summed E-state index contributed by atoms with van der Waals surface area (Å²) in [5.74, 6) is 0. The van der Waals surface area contributed by atoms with E-state index >= 15 is 0 Å². The maximum Gasteiger partial charge on any atom is 0.0560 e. The van der Waals surface area contributed by atoms with Crippen molar-refractivity contribution in [2.24, 2.45) is 0 Å². The maximum absolute atomic E-state index is 3.68. The summed E-state index contributed by atoms with van der Waals surface area (Å²) >= 11 is 0. The van der Waals surface area contributed by atoms with Gasteiger partial charge >= 0.3 is 0 Å². The molecule has 1 heterocycles. The van der Waals surface area contributed by atoms with Crippen LogP contribution < -0.4 is 5.32 Å². The molecule has 2 aromatic rings. The molecule has 1 atom stereocenters. The predicted molar refractivity (Wildman–Crippen MR) is 81.9 cm³/mol. The van der Waals surface area contributed by atoms with Gasteiger partial charge in [0.2, 0.25) is 0 Å². The van der Waals surface area contributed by atoms with E-state index in [-0.39, 0.29) is 0 Å². The fraction of sp³-hybridized carbons (Fsp3) is 0.333. The molecule has 0 saturated heterocycles. The number of nitrogens with one attached hydrogen (secondary N) is 1. The monoisotopic (exact) mass is 251 g/mol. The van der Waals surface area contributed by atoms with Crippen LogP contribution in [0.3, 0.4) is 0 Å². The van der Waals surface area contributed by atoms with Crippen molar-refractivity contribution in [3.8, 4) is 0 Å². The summed E-state index contributed by atoms with van der Waals surface area (Å²) in [6.07, 6.45) is 1.10. The van der Waals surface area contributed by atoms with Gasteiger partial charge in [0.05, 0.1) is 6.04 Å². The number of hydrogen-bond donors (Lipinski definition) is 1. The third-order valence-electron chi connectivity index (χ3n) is 4.10. The Morgan fingerprint density at radius 1 is 0.895 bits per heavy atom. The molecule has 1 aliphatic heterocycles. The van der Waals surface area contributed by atoms with Crippen molar-refractivity contribution in [1.29, 1.82) is 0 Å². The minimum Gasteiger partial charge on any atom is -0.378 e. The molecule has 1 heteroatoms. The van der Waals surface area contributed by atoms with E-state index in [0.717, 1.165) is 6.42 Å². The molecule has 1 aliphatic rings. The van der Waals surface area contributed by atoms with Crippen LogP contribution in [0.2, 0.25) is 0 Å². The Balaban J connectivity index is 1.99. The Morgan fingerprint density at radius 2 is 1.58 bits per heavy atom. The molecule has 1 unspecified atom stereocenters. The first-order valence-corrected chi connectivity index (χ1v) is 6.98. The second-order valence-corrected chi connectivity index (χ2v) is 5.87. The van der Waals surface area contributed by atoms with Gasteiger partial charge in [-0.3, -0.25) is 0 Å². The first-order valence-electron chi connectivity index (χ1n) is 6.98. The van der Waals surface area contributed by atoms with Gasteiger partial charge in [-0.15, -0.1) is 0 Å². The van der Waals surface area contributed by atoms with E-state index < -0.39 is 0 Å². The van der Waals surface area contributed by atoms with Crippen LogP contribution in [0.5, 0.6) is 0 Å². The summed E-state index contributed by atoms with van der Waals surface area (Å²) in [5, 5.41) is 3.68. The lowest BCUT2D eigenvalue weighted by Gasteiger charge is -2.18. The Bertz CT molecular complexity index is 617. The molecule has 98 valence electrons. The van der Waals surface area contributed by atoms with Gasteiger partial charge in [0.15, 0.2) is 0 Å². The van der Waals surface area contributed by atoms with Crippen LogP contribution >= 0.6 is 0 Å². The van der Waals surface area contributed by atoms with Crippen molar-refractivity contribution in [2.45, 2.75) is 40.2 Å². The summed E-state index contributed by atoms with van der Waals surface area (Å²) in [6, 6.07) is 11.7. The van der Waals surface area contributed by atoms with Crippen LogP contribution in [0, 0.1) is 27.7 Å². The fourth-order valence-corrected chi connectivity index (χ4v) is 3.41. The SMILES string of the molecule is Cc1cc(C)c(C2Cc3cc(C)ccc3N2)c(C)c1. The molecule has 1 N–H and O–H groups in total. The lowest BCUT2D eigenvalue weighted by atomic mass is 9.92. The highest BCUT2D eigenvalue weighted by molar-refractivity contribution is 5.60. The van der Waals surface area contributed by atoms with Crippen molar-refractivity contribution in [1.82, 2.24) is 0 Å². The van der Waals surface area contributed by atoms with E-state index in [1.807, 2.05) is 0 Å². The Labute approximate surface area is 115 Å². The molecule has 0 bridgehead atoms. The Hall–Kier alpha value is -1.76. The summed E-state index contributed by atoms with van der Waals surface area (Å²) in [6.45, 7) is 8.79. The molecular weight excluding hydrogens is 230 g/mol. The van der Waals surface area contributed by atoms with Crippen molar-refractivity contribution < 1.29 is 0 Å². The average molecular weight is 251 g/mol. The first kappa shape index (κ1) is 12.3. The molecule has 0 spiro atoms. The minimum absolute atomic E-state index is 0.428. The smallest absolute Gasteiger partial charge is 0.0560 e. The molecule has 0 saturated carbocycles. The molecular formula is C18H21N. The molecule has 0 amide bonds. The van der Waals surface area contributed by atoms with E-state index in [1.54, 1.807) is 0 Å². The summed E-state index contributed by atoms with van der Waals surface area (Å²) < 4.78 is 0. The summed E-state index contributed by atoms with van der Waals surface area (Å²) in [5.41, 5.74) is 9.72. The van der Waals surface area contributed by atoms with E-state index in [4.69, 9.17) is 0 Å². The zero-order chi connectivity index (χ0) is 13.6. The van der Waals surface area contributed by atoms with Gasteiger partial charge < -0.3 is 5.32 Å². The van der Waals surface area contributed by atoms with Crippen molar-refractivity contribution >= 4 is 5.69 Å². The average Bonchev–Trinajstić information content (AvgIpc) is 2.69. The van der Waals surface area contributed by atoms with Gasteiger partial charge in [-0.1, -0.05) is 35.4 Å². The predicted octanol–water partition coefficient (Wildman–Crippen LogP) is 4.63. The van der Waals surface area contributed by atoms with Crippen molar-refractivity contribution in [3.63, 3.8) is 0 Å². The highest BCUT2D eigenvalue weighted by Crippen LogP contribution is 2.37. The standard InChI is InChI=1S/C18H21N/c1-11-5-6-16-15(9-11)10-17(19-16)18-13(3)7-12(2)8-14(18)4/h5-9,17,19H,10H2,1-4H3. The second kappa shape index (κ2) is 4.41. The van der Waals surface area contributed by atoms with Crippen LogP contribution in [0.4, 0.5) is 5.69 Å². The number of aryl methyl sites for hydroxylation is 4. The first-order chi connectivity index (χ1) is 9.04. The summed E-state index contributed by atoms with van der Waals surface area (Å²) in [7, 11) is 0. The van der Waals surface area contributed by atoms with Gasteiger partial charge in [0.25, 0.3) is 0 Å².